The molecule has 0 aliphatic rings. The molecule has 2 aromatic rings. The van der Waals surface area contributed by atoms with Gasteiger partial charge in [-0.3, -0.25) is 0 Å². The first-order valence-electron chi connectivity index (χ1n) is 2.89. The summed E-state index contributed by atoms with van der Waals surface area (Å²) >= 11 is 0. The molecule has 0 unspecified atom stereocenters. The summed E-state index contributed by atoms with van der Waals surface area (Å²) in [6.45, 7) is 1.83. The first-order valence-corrected chi connectivity index (χ1v) is 2.89. The van der Waals surface area contributed by atoms with Gasteiger partial charge in [0, 0.05) is 0 Å². The van der Waals surface area contributed by atoms with Crippen LogP contribution in [0, 0.1) is 6.92 Å². The Kier molecular flexibility index (Phi) is 0.943. The monoisotopic (exact) mass is 135 g/mol. The predicted octanol–water partition coefficient (Wildman–Crippen LogP) is 0.926. The molecule has 0 spiro atoms. The summed E-state index contributed by atoms with van der Waals surface area (Å²) in [5.41, 5.74) is 2.25. The van der Waals surface area contributed by atoms with E-state index in [1.54, 1.807) is 6.20 Å². The maximum absolute atomic E-state index is 5.04. The lowest BCUT2D eigenvalue weighted by Crippen LogP contribution is -1.84. The fraction of sp³-hybridized carbons (Fsp3) is 0.167. The average Bonchev–Trinajstić information content (AvgIpc) is 2.36. The second-order valence-electron chi connectivity index (χ2n) is 2.00. The standard InChI is InChI=1S/C6H5N3O/c1-4-6-5(2-8-9-4)7-3-10-6/h2-3H,1H3. The van der Waals surface area contributed by atoms with Gasteiger partial charge in [0.2, 0.25) is 0 Å². The van der Waals surface area contributed by atoms with Crippen molar-refractivity contribution in [3.63, 3.8) is 0 Å². The molecule has 0 fully saturated rings. The van der Waals surface area contributed by atoms with Gasteiger partial charge >= 0.3 is 0 Å². The Morgan fingerprint density at radius 1 is 1.50 bits per heavy atom. The molecule has 0 aromatic carbocycles. The molecule has 0 aliphatic heterocycles. The molecular weight excluding hydrogens is 130 g/mol. The van der Waals surface area contributed by atoms with Gasteiger partial charge in [-0.2, -0.15) is 10.2 Å². The van der Waals surface area contributed by atoms with Crippen LogP contribution in [0.4, 0.5) is 0 Å². The minimum Gasteiger partial charge on any atom is -0.441 e. The highest BCUT2D eigenvalue weighted by Crippen LogP contribution is 2.11. The molecule has 2 rings (SSSR count). The number of nitrogens with zero attached hydrogens (tertiary/aromatic N) is 3. The first-order chi connectivity index (χ1) is 4.88. The third kappa shape index (κ3) is 0.586. The van der Waals surface area contributed by atoms with Crippen molar-refractivity contribution in [1.82, 2.24) is 15.2 Å². The topological polar surface area (TPSA) is 51.8 Å². The van der Waals surface area contributed by atoms with Gasteiger partial charge in [-0.25, -0.2) is 4.98 Å². The second-order valence-corrected chi connectivity index (χ2v) is 2.00. The van der Waals surface area contributed by atoms with Crippen molar-refractivity contribution >= 4 is 11.1 Å². The fourth-order valence-corrected chi connectivity index (χ4v) is 0.833. The quantitative estimate of drug-likeness (QED) is 0.539. The summed E-state index contributed by atoms with van der Waals surface area (Å²) in [6, 6.07) is 0. The van der Waals surface area contributed by atoms with Crippen molar-refractivity contribution in [3.05, 3.63) is 18.3 Å². The van der Waals surface area contributed by atoms with Crippen LogP contribution in [0.1, 0.15) is 5.69 Å². The lowest BCUT2D eigenvalue weighted by Gasteiger charge is -1.86. The zero-order valence-corrected chi connectivity index (χ0v) is 5.40. The van der Waals surface area contributed by atoms with Gasteiger partial charge in [0.15, 0.2) is 12.0 Å². The zero-order chi connectivity index (χ0) is 6.97. The van der Waals surface area contributed by atoms with Crippen molar-refractivity contribution in [1.29, 1.82) is 0 Å². The lowest BCUT2D eigenvalue weighted by atomic mass is 10.4. The van der Waals surface area contributed by atoms with E-state index in [1.165, 1.54) is 6.39 Å². The van der Waals surface area contributed by atoms with Crippen LogP contribution in [-0.4, -0.2) is 15.2 Å². The Morgan fingerprint density at radius 3 is 3.20 bits per heavy atom. The Labute approximate surface area is 56.9 Å². The van der Waals surface area contributed by atoms with Gasteiger partial charge in [0.05, 0.1) is 6.20 Å². The summed E-state index contributed by atoms with van der Waals surface area (Å²) in [7, 11) is 0. The number of fused-ring (bicyclic) bond motifs is 1. The van der Waals surface area contributed by atoms with Crippen LogP contribution in [0.2, 0.25) is 0 Å². The van der Waals surface area contributed by atoms with Crippen LogP contribution >= 0.6 is 0 Å². The second kappa shape index (κ2) is 1.76. The van der Waals surface area contributed by atoms with E-state index in [-0.39, 0.29) is 0 Å². The molecule has 2 heterocycles. The Hall–Kier alpha value is -1.45. The molecule has 2 aromatic heterocycles. The van der Waals surface area contributed by atoms with Crippen LogP contribution in [0.5, 0.6) is 0 Å². The molecule has 4 nitrogen and oxygen atoms in total. The fourth-order valence-electron chi connectivity index (χ4n) is 0.833. The molecule has 0 radical (unpaired) electrons. The highest BCUT2D eigenvalue weighted by Gasteiger charge is 2.00. The summed E-state index contributed by atoms with van der Waals surface area (Å²) < 4.78 is 5.04. The van der Waals surface area contributed by atoms with E-state index in [4.69, 9.17) is 4.42 Å². The van der Waals surface area contributed by atoms with E-state index in [9.17, 15) is 0 Å². The molecule has 4 heteroatoms. The van der Waals surface area contributed by atoms with Gasteiger partial charge in [-0.05, 0) is 6.92 Å². The number of aryl methyl sites for hydroxylation is 1. The summed E-state index contributed by atoms with van der Waals surface area (Å²) in [5.74, 6) is 0. The highest BCUT2D eigenvalue weighted by molar-refractivity contribution is 5.72. The molecule has 0 N–H and O–H groups in total. The lowest BCUT2D eigenvalue weighted by molar-refractivity contribution is 0.596. The molecule has 0 aliphatic carbocycles. The summed E-state index contributed by atoms with van der Waals surface area (Å²) in [5, 5.41) is 7.51. The van der Waals surface area contributed by atoms with Crippen LogP contribution in [0.15, 0.2) is 17.0 Å². The van der Waals surface area contributed by atoms with E-state index in [1.807, 2.05) is 6.92 Å². The molecule has 50 valence electrons. The van der Waals surface area contributed by atoms with Crippen molar-refractivity contribution in [3.8, 4) is 0 Å². The normalized spacial score (nSPS) is 10.5. The number of oxazole rings is 1. The molecule has 0 bridgehead atoms. The van der Waals surface area contributed by atoms with Crippen LogP contribution in [0.25, 0.3) is 11.1 Å². The van der Waals surface area contributed by atoms with E-state index in [2.05, 4.69) is 15.2 Å². The van der Waals surface area contributed by atoms with Gasteiger partial charge in [0.1, 0.15) is 11.2 Å². The third-order valence-corrected chi connectivity index (χ3v) is 1.31. The van der Waals surface area contributed by atoms with Crippen molar-refractivity contribution in [2.45, 2.75) is 6.92 Å². The zero-order valence-electron chi connectivity index (χ0n) is 5.40. The first kappa shape index (κ1) is 5.34. The Balaban J connectivity index is 2.95. The molecule has 0 saturated heterocycles. The van der Waals surface area contributed by atoms with E-state index >= 15 is 0 Å². The van der Waals surface area contributed by atoms with Crippen molar-refractivity contribution < 1.29 is 4.42 Å². The molecular formula is C6H5N3O. The smallest absolute Gasteiger partial charge is 0.182 e. The summed E-state index contributed by atoms with van der Waals surface area (Å²) in [4.78, 5) is 3.91. The number of hydrogen-bond donors (Lipinski definition) is 0. The van der Waals surface area contributed by atoms with Crippen molar-refractivity contribution in [2.24, 2.45) is 0 Å². The predicted molar refractivity (Wildman–Crippen MR) is 34.3 cm³/mol. The molecule has 10 heavy (non-hydrogen) atoms. The molecule has 0 amide bonds. The summed E-state index contributed by atoms with van der Waals surface area (Å²) in [6.07, 6.45) is 2.97. The van der Waals surface area contributed by atoms with Crippen LogP contribution in [0.3, 0.4) is 0 Å². The largest absolute Gasteiger partial charge is 0.441 e. The molecule has 0 atom stereocenters. The van der Waals surface area contributed by atoms with Gasteiger partial charge in [-0.15, -0.1) is 0 Å². The van der Waals surface area contributed by atoms with E-state index in [0.29, 0.717) is 0 Å². The number of rotatable bonds is 0. The highest BCUT2D eigenvalue weighted by atomic mass is 16.3. The number of hydrogen-bond acceptors (Lipinski definition) is 4. The SMILES string of the molecule is Cc1nncc2ncoc12. The minimum absolute atomic E-state index is 0.718. The maximum Gasteiger partial charge on any atom is 0.182 e. The molecule has 0 saturated carbocycles. The average molecular weight is 135 g/mol. The Morgan fingerprint density at radius 2 is 2.40 bits per heavy atom. The number of aromatic nitrogens is 3. The van der Waals surface area contributed by atoms with Gasteiger partial charge in [0.25, 0.3) is 0 Å². The van der Waals surface area contributed by atoms with Crippen LogP contribution in [-0.2, 0) is 0 Å². The van der Waals surface area contributed by atoms with E-state index < -0.39 is 0 Å². The van der Waals surface area contributed by atoms with E-state index in [0.717, 1.165) is 16.8 Å². The third-order valence-electron chi connectivity index (χ3n) is 1.31. The van der Waals surface area contributed by atoms with Crippen molar-refractivity contribution in [2.75, 3.05) is 0 Å². The van der Waals surface area contributed by atoms with Gasteiger partial charge < -0.3 is 4.42 Å². The minimum atomic E-state index is 0.718. The van der Waals surface area contributed by atoms with Gasteiger partial charge in [-0.1, -0.05) is 0 Å². The maximum atomic E-state index is 5.04. The Bertz CT molecular complexity index is 355. The van der Waals surface area contributed by atoms with Crippen LogP contribution < -0.4 is 0 Å².